The first-order chi connectivity index (χ1) is 10.7. The standard InChI is InChI=1S/C17H18O5S/c1-4-12-9-15(22-13-7-5-11(2)6-8-13)16(23(3,20)21)10-14(12)17(18)19/h5-10H,4H2,1-3H3,(H,18,19). The van der Waals surface area contributed by atoms with Crippen molar-refractivity contribution in [3.05, 3.63) is 53.1 Å². The molecule has 0 aliphatic rings. The number of benzene rings is 2. The summed E-state index contributed by atoms with van der Waals surface area (Å²) in [6.07, 6.45) is 1.48. The molecule has 0 aliphatic carbocycles. The number of sulfone groups is 1. The fourth-order valence-electron chi connectivity index (χ4n) is 2.20. The quantitative estimate of drug-likeness (QED) is 0.906. The van der Waals surface area contributed by atoms with Crippen molar-refractivity contribution in [2.75, 3.05) is 6.26 Å². The summed E-state index contributed by atoms with van der Waals surface area (Å²) in [5.74, 6) is -0.530. The molecule has 0 aromatic heterocycles. The third-order valence-corrected chi connectivity index (χ3v) is 4.55. The lowest BCUT2D eigenvalue weighted by molar-refractivity contribution is 0.0695. The zero-order chi connectivity index (χ0) is 17.2. The molecule has 0 atom stereocenters. The molecule has 2 aromatic rings. The maximum Gasteiger partial charge on any atom is 0.336 e. The van der Waals surface area contributed by atoms with Crippen molar-refractivity contribution >= 4 is 15.8 Å². The average Bonchev–Trinajstić information content (AvgIpc) is 2.47. The van der Waals surface area contributed by atoms with Crippen molar-refractivity contribution in [3.63, 3.8) is 0 Å². The maximum absolute atomic E-state index is 12.0. The topological polar surface area (TPSA) is 80.7 Å². The van der Waals surface area contributed by atoms with Gasteiger partial charge in [0.15, 0.2) is 9.84 Å². The van der Waals surface area contributed by atoms with E-state index in [1.807, 2.05) is 19.1 Å². The number of aromatic carboxylic acids is 1. The van der Waals surface area contributed by atoms with E-state index in [-0.39, 0.29) is 16.2 Å². The zero-order valence-electron chi connectivity index (χ0n) is 13.2. The molecule has 0 amide bonds. The maximum atomic E-state index is 12.0. The summed E-state index contributed by atoms with van der Waals surface area (Å²) in [5.41, 5.74) is 1.55. The first-order valence-electron chi connectivity index (χ1n) is 7.07. The molecule has 2 rings (SSSR count). The lowest BCUT2D eigenvalue weighted by atomic mass is 10.0. The molecule has 0 spiro atoms. The van der Waals surface area contributed by atoms with Gasteiger partial charge in [-0.05, 0) is 43.2 Å². The van der Waals surface area contributed by atoms with Crippen LogP contribution in [0.15, 0.2) is 41.3 Å². The molecule has 0 bridgehead atoms. The highest BCUT2D eigenvalue weighted by Gasteiger charge is 2.21. The Balaban J connectivity index is 2.60. The number of carbonyl (C=O) groups is 1. The van der Waals surface area contributed by atoms with Crippen molar-refractivity contribution in [3.8, 4) is 11.5 Å². The smallest absolute Gasteiger partial charge is 0.336 e. The van der Waals surface area contributed by atoms with E-state index < -0.39 is 15.8 Å². The summed E-state index contributed by atoms with van der Waals surface area (Å²) < 4.78 is 29.7. The Kier molecular flexibility index (Phi) is 4.75. The SMILES string of the molecule is CCc1cc(Oc2ccc(C)cc2)c(S(C)(=O)=O)cc1C(=O)O. The van der Waals surface area contributed by atoms with Crippen LogP contribution in [0.1, 0.15) is 28.4 Å². The van der Waals surface area contributed by atoms with Crippen molar-refractivity contribution < 1.29 is 23.1 Å². The van der Waals surface area contributed by atoms with E-state index in [1.165, 1.54) is 12.1 Å². The number of hydrogen-bond acceptors (Lipinski definition) is 4. The Morgan fingerprint density at radius 3 is 2.26 bits per heavy atom. The first-order valence-corrected chi connectivity index (χ1v) is 8.96. The third-order valence-electron chi connectivity index (χ3n) is 3.43. The average molecular weight is 334 g/mol. The summed E-state index contributed by atoms with van der Waals surface area (Å²) in [4.78, 5) is 11.2. The first kappa shape index (κ1) is 17.0. The molecule has 5 nitrogen and oxygen atoms in total. The Morgan fingerprint density at radius 1 is 1.17 bits per heavy atom. The van der Waals surface area contributed by atoms with Crippen LogP contribution in [0, 0.1) is 6.92 Å². The van der Waals surface area contributed by atoms with Crippen LogP contribution in [-0.4, -0.2) is 25.7 Å². The molecule has 6 heteroatoms. The van der Waals surface area contributed by atoms with Gasteiger partial charge in [0.05, 0.1) is 5.56 Å². The number of carboxylic acid groups (broad SMARTS) is 1. The highest BCUT2D eigenvalue weighted by molar-refractivity contribution is 7.90. The summed E-state index contributed by atoms with van der Waals surface area (Å²) in [6.45, 7) is 3.74. The Bertz CT molecular complexity index is 836. The molecular formula is C17H18O5S. The van der Waals surface area contributed by atoms with Gasteiger partial charge in [-0.1, -0.05) is 24.6 Å². The summed E-state index contributed by atoms with van der Waals surface area (Å²) in [7, 11) is -3.63. The second-order valence-electron chi connectivity index (χ2n) is 5.30. The third kappa shape index (κ3) is 3.90. The van der Waals surface area contributed by atoms with E-state index in [0.717, 1.165) is 11.8 Å². The van der Waals surface area contributed by atoms with Crippen LogP contribution in [0.4, 0.5) is 0 Å². The molecular weight excluding hydrogens is 316 g/mol. The van der Waals surface area contributed by atoms with Crippen LogP contribution in [0.25, 0.3) is 0 Å². The lowest BCUT2D eigenvalue weighted by Crippen LogP contribution is -2.08. The van der Waals surface area contributed by atoms with Crippen molar-refractivity contribution in [2.24, 2.45) is 0 Å². The second kappa shape index (κ2) is 6.42. The van der Waals surface area contributed by atoms with E-state index in [1.54, 1.807) is 19.1 Å². The molecule has 2 aromatic carbocycles. The van der Waals surface area contributed by atoms with E-state index >= 15 is 0 Å². The molecule has 0 unspecified atom stereocenters. The van der Waals surface area contributed by atoms with Crippen LogP contribution in [-0.2, 0) is 16.3 Å². The van der Waals surface area contributed by atoms with E-state index in [9.17, 15) is 18.3 Å². The summed E-state index contributed by atoms with van der Waals surface area (Å²) in [5, 5.41) is 9.26. The highest BCUT2D eigenvalue weighted by Crippen LogP contribution is 2.32. The van der Waals surface area contributed by atoms with Gasteiger partial charge in [-0.25, -0.2) is 13.2 Å². The molecule has 0 aliphatic heterocycles. The number of aryl methyl sites for hydroxylation is 2. The van der Waals surface area contributed by atoms with Crippen molar-refractivity contribution in [1.82, 2.24) is 0 Å². The van der Waals surface area contributed by atoms with Crippen molar-refractivity contribution in [1.29, 1.82) is 0 Å². The van der Waals surface area contributed by atoms with Gasteiger partial charge >= 0.3 is 5.97 Å². The summed E-state index contributed by atoms with van der Waals surface area (Å²) in [6, 6.07) is 9.82. The zero-order valence-corrected chi connectivity index (χ0v) is 14.0. The molecule has 0 saturated carbocycles. The summed E-state index contributed by atoms with van der Waals surface area (Å²) >= 11 is 0. The Morgan fingerprint density at radius 2 is 1.78 bits per heavy atom. The largest absolute Gasteiger partial charge is 0.478 e. The van der Waals surface area contributed by atoms with E-state index in [2.05, 4.69) is 0 Å². The number of carboxylic acids is 1. The predicted octanol–water partition coefficient (Wildman–Crippen LogP) is 3.45. The molecule has 122 valence electrons. The van der Waals surface area contributed by atoms with Crippen LogP contribution >= 0.6 is 0 Å². The van der Waals surface area contributed by atoms with Gasteiger partial charge in [-0.15, -0.1) is 0 Å². The predicted molar refractivity (Wildman–Crippen MR) is 87.1 cm³/mol. The monoisotopic (exact) mass is 334 g/mol. The Hall–Kier alpha value is -2.34. The van der Waals surface area contributed by atoms with Gasteiger partial charge < -0.3 is 9.84 Å². The minimum atomic E-state index is -3.63. The van der Waals surface area contributed by atoms with Crippen LogP contribution in [0.5, 0.6) is 11.5 Å². The molecule has 23 heavy (non-hydrogen) atoms. The van der Waals surface area contributed by atoms with E-state index in [0.29, 0.717) is 17.7 Å². The van der Waals surface area contributed by atoms with Crippen LogP contribution in [0.2, 0.25) is 0 Å². The number of ether oxygens (including phenoxy) is 1. The lowest BCUT2D eigenvalue weighted by Gasteiger charge is -2.14. The van der Waals surface area contributed by atoms with Gasteiger partial charge in [-0.3, -0.25) is 0 Å². The van der Waals surface area contributed by atoms with Crippen LogP contribution in [0.3, 0.4) is 0 Å². The molecule has 1 N–H and O–H groups in total. The van der Waals surface area contributed by atoms with Gasteiger partial charge in [0.25, 0.3) is 0 Å². The number of rotatable bonds is 5. The van der Waals surface area contributed by atoms with Gasteiger partial charge in [0.1, 0.15) is 16.4 Å². The molecule has 0 fully saturated rings. The minimum absolute atomic E-state index is 0.0239. The molecule has 0 saturated heterocycles. The fourth-order valence-corrected chi connectivity index (χ4v) is 2.99. The van der Waals surface area contributed by atoms with Gasteiger partial charge in [0, 0.05) is 6.26 Å². The Labute approximate surface area is 135 Å². The minimum Gasteiger partial charge on any atom is -0.478 e. The van der Waals surface area contributed by atoms with Crippen LogP contribution < -0.4 is 4.74 Å². The van der Waals surface area contributed by atoms with Crippen molar-refractivity contribution in [2.45, 2.75) is 25.2 Å². The fraction of sp³-hybridized carbons (Fsp3) is 0.235. The second-order valence-corrected chi connectivity index (χ2v) is 7.29. The highest BCUT2D eigenvalue weighted by atomic mass is 32.2. The normalized spacial score (nSPS) is 11.3. The molecule has 0 radical (unpaired) electrons. The van der Waals surface area contributed by atoms with Gasteiger partial charge in [-0.2, -0.15) is 0 Å². The number of hydrogen-bond donors (Lipinski definition) is 1. The van der Waals surface area contributed by atoms with E-state index in [4.69, 9.17) is 4.74 Å². The van der Waals surface area contributed by atoms with Gasteiger partial charge in [0.2, 0.25) is 0 Å². The molecule has 0 heterocycles.